The van der Waals surface area contributed by atoms with Crippen LogP contribution >= 0.6 is 0 Å². The van der Waals surface area contributed by atoms with Gasteiger partial charge < -0.3 is 5.32 Å². The van der Waals surface area contributed by atoms with Crippen molar-refractivity contribution < 1.29 is 0 Å². The Hall–Kier alpha value is -0.980. The molecule has 0 unspecified atom stereocenters. The lowest BCUT2D eigenvalue weighted by atomic mass is 9.79. The topological polar surface area (TPSA) is 12.0 Å². The Morgan fingerprint density at radius 1 is 1.12 bits per heavy atom. The minimum atomic E-state index is 0.136. The van der Waals surface area contributed by atoms with Gasteiger partial charge in [0.05, 0.1) is 0 Å². The van der Waals surface area contributed by atoms with E-state index in [0.717, 1.165) is 5.92 Å². The van der Waals surface area contributed by atoms with Crippen molar-refractivity contribution >= 4 is 5.69 Å². The van der Waals surface area contributed by atoms with E-state index in [9.17, 15) is 0 Å². The summed E-state index contributed by atoms with van der Waals surface area (Å²) in [6.45, 7) is 11.5. The molecule has 0 saturated carbocycles. The first-order chi connectivity index (χ1) is 7.47. The lowest BCUT2D eigenvalue weighted by molar-refractivity contribution is 0.266. The molecule has 2 atom stereocenters. The van der Waals surface area contributed by atoms with Crippen molar-refractivity contribution in [2.24, 2.45) is 11.8 Å². The van der Waals surface area contributed by atoms with Crippen molar-refractivity contribution in [3.05, 3.63) is 30.3 Å². The van der Waals surface area contributed by atoms with Crippen LogP contribution in [0.2, 0.25) is 0 Å². The second-order valence-corrected chi connectivity index (χ2v) is 5.39. The standard InChI is InChI=1S/C15H25N/c1-6-12(2)13(3)15(4,5)16-14-10-8-7-9-11-14/h7-13,16H,6H2,1-5H3/t12-,13-/m0/s1. The molecule has 0 heterocycles. The molecule has 0 amide bonds. The molecule has 0 saturated heterocycles. The Kier molecular flexibility index (Phi) is 4.40. The van der Waals surface area contributed by atoms with E-state index < -0.39 is 0 Å². The molecule has 0 radical (unpaired) electrons. The summed E-state index contributed by atoms with van der Waals surface area (Å²) in [4.78, 5) is 0. The summed E-state index contributed by atoms with van der Waals surface area (Å²) in [5.41, 5.74) is 1.35. The number of nitrogens with one attached hydrogen (secondary N) is 1. The van der Waals surface area contributed by atoms with Gasteiger partial charge in [-0.25, -0.2) is 0 Å². The molecule has 0 spiro atoms. The van der Waals surface area contributed by atoms with Gasteiger partial charge in [-0.1, -0.05) is 45.4 Å². The second kappa shape index (κ2) is 5.38. The Balaban J connectivity index is 2.71. The third kappa shape index (κ3) is 3.26. The minimum absolute atomic E-state index is 0.136. The molecular weight excluding hydrogens is 194 g/mol. The van der Waals surface area contributed by atoms with Gasteiger partial charge in [0.1, 0.15) is 0 Å². The quantitative estimate of drug-likeness (QED) is 0.765. The molecule has 0 aromatic heterocycles. The minimum Gasteiger partial charge on any atom is -0.380 e. The number of hydrogen-bond acceptors (Lipinski definition) is 1. The van der Waals surface area contributed by atoms with Crippen LogP contribution in [0, 0.1) is 11.8 Å². The van der Waals surface area contributed by atoms with Gasteiger partial charge in [0.15, 0.2) is 0 Å². The van der Waals surface area contributed by atoms with Crippen molar-refractivity contribution in [3.8, 4) is 0 Å². The Bertz CT molecular complexity index is 302. The third-order valence-electron chi connectivity index (χ3n) is 3.88. The summed E-state index contributed by atoms with van der Waals surface area (Å²) in [5, 5.41) is 3.63. The zero-order chi connectivity index (χ0) is 12.2. The molecule has 90 valence electrons. The maximum Gasteiger partial charge on any atom is 0.0345 e. The van der Waals surface area contributed by atoms with Gasteiger partial charge in [-0.15, -0.1) is 0 Å². The van der Waals surface area contributed by atoms with Crippen LogP contribution in [0.4, 0.5) is 5.69 Å². The highest BCUT2D eigenvalue weighted by molar-refractivity contribution is 5.44. The maximum absolute atomic E-state index is 3.63. The summed E-state index contributed by atoms with van der Waals surface area (Å²) in [6.07, 6.45) is 1.24. The molecule has 1 nitrogen and oxygen atoms in total. The highest BCUT2D eigenvalue weighted by Gasteiger charge is 2.28. The summed E-state index contributed by atoms with van der Waals surface area (Å²) >= 11 is 0. The fourth-order valence-electron chi connectivity index (χ4n) is 2.07. The average molecular weight is 219 g/mol. The Labute approximate surface area is 100 Å². The number of anilines is 1. The van der Waals surface area contributed by atoms with Gasteiger partial charge in [0.25, 0.3) is 0 Å². The summed E-state index contributed by atoms with van der Waals surface area (Å²) < 4.78 is 0. The van der Waals surface area contributed by atoms with E-state index in [4.69, 9.17) is 0 Å². The van der Waals surface area contributed by atoms with Gasteiger partial charge in [0, 0.05) is 11.2 Å². The molecule has 0 bridgehead atoms. The van der Waals surface area contributed by atoms with E-state index in [1.165, 1.54) is 12.1 Å². The van der Waals surface area contributed by atoms with E-state index in [2.05, 4.69) is 70.3 Å². The van der Waals surface area contributed by atoms with E-state index in [0.29, 0.717) is 5.92 Å². The molecule has 0 aliphatic heterocycles. The maximum atomic E-state index is 3.63. The Morgan fingerprint density at radius 2 is 1.69 bits per heavy atom. The van der Waals surface area contributed by atoms with E-state index in [-0.39, 0.29) is 5.54 Å². The molecule has 1 heteroatoms. The number of hydrogen-bond donors (Lipinski definition) is 1. The lowest BCUT2D eigenvalue weighted by Gasteiger charge is -2.37. The average Bonchev–Trinajstić information content (AvgIpc) is 2.27. The predicted molar refractivity (Wildman–Crippen MR) is 72.8 cm³/mol. The largest absolute Gasteiger partial charge is 0.380 e. The van der Waals surface area contributed by atoms with Crippen LogP contribution in [0.5, 0.6) is 0 Å². The van der Waals surface area contributed by atoms with Crippen LogP contribution in [0.1, 0.15) is 41.0 Å². The fraction of sp³-hybridized carbons (Fsp3) is 0.600. The molecule has 0 aliphatic rings. The van der Waals surface area contributed by atoms with Gasteiger partial charge in [-0.05, 0) is 37.8 Å². The fourth-order valence-corrected chi connectivity index (χ4v) is 2.07. The van der Waals surface area contributed by atoms with Crippen LogP contribution in [0.25, 0.3) is 0 Å². The first-order valence-corrected chi connectivity index (χ1v) is 6.30. The first kappa shape index (κ1) is 13.1. The summed E-state index contributed by atoms with van der Waals surface area (Å²) in [7, 11) is 0. The molecule has 16 heavy (non-hydrogen) atoms. The van der Waals surface area contributed by atoms with Crippen molar-refractivity contribution in [2.45, 2.75) is 46.6 Å². The van der Waals surface area contributed by atoms with Crippen molar-refractivity contribution in [1.29, 1.82) is 0 Å². The van der Waals surface area contributed by atoms with Crippen molar-refractivity contribution in [1.82, 2.24) is 0 Å². The Morgan fingerprint density at radius 3 is 2.19 bits per heavy atom. The van der Waals surface area contributed by atoms with Gasteiger partial charge in [-0.2, -0.15) is 0 Å². The highest BCUT2D eigenvalue weighted by Crippen LogP contribution is 2.29. The van der Waals surface area contributed by atoms with E-state index in [1.54, 1.807) is 0 Å². The lowest BCUT2D eigenvalue weighted by Crippen LogP contribution is -2.41. The molecule has 0 aliphatic carbocycles. The molecule has 1 rings (SSSR count). The van der Waals surface area contributed by atoms with Crippen LogP contribution < -0.4 is 5.32 Å². The predicted octanol–water partition coefficient (Wildman–Crippen LogP) is 4.56. The number of rotatable bonds is 5. The monoisotopic (exact) mass is 219 g/mol. The molecular formula is C15H25N. The normalized spacial score (nSPS) is 15.6. The van der Waals surface area contributed by atoms with Crippen LogP contribution in [-0.2, 0) is 0 Å². The number of benzene rings is 1. The first-order valence-electron chi connectivity index (χ1n) is 6.30. The van der Waals surface area contributed by atoms with E-state index in [1.807, 2.05) is 0 Å². The number of para-hydroxylation sites is 1. The SMILES string of the molecule is CC[C@H](C)[C@H](C)C(C)(C)Nc1ccccc1. The van der Waals surface area contributed by atoms with Crippen molar-refractivity contribution in [2.75, 3.05) is 5.32 Å². The van der Waals surface area contributed by atoms with Gasteiger partial charge in [-0.3, -0.25) is 0 Å². The molecule has 1 aromatic rings. The summed E-state index contributed by atoms with van der Waals surface area (Å²) in [5.74, 6) is 1.39. The molecule has 1 N–H and O–H groups in total. The zero-order valence-corrected chi connectivity index (χ0v) is 11.2. The van der Waals surface area contributed by atoms with Gasteiger partial charge >= 0.3 is 0 Å². The van der Waals surface area contributed by atoms with Gasteiger partial charge in [0.2, 0.25) is 0 Å². The van der Waals surface area contributed by atoms with Crippen LogP contribution in [-0.4, -0.2) is 5.54 Å². The molecule has 1 aromatic carbocycles. The van der Waals surface area contributed by atoms with Crippen molar-refractivity contribution in [3.63, 3.8) is 0 Å². The van der Waals surface area contributed by atoms with Crippen LogP contribution in [0.15, 0.2) is 30.3 Å². The summed E-state index contributed by atoms with van der Waals surface area (Å²) in [6, 6.07) is 10.5. The van der Waals surface area contributed by atoms with Crippen LogP contribution in [0.3, 0.4) is 0 Å². The molecule has 0 fully saturated rings. The highest BCUT2D eigenvalue weighted by atomic mass is 15.0. The zero-order valence-electron chi connectivity index (χ0n) is 11.2. The van der Waals surface area contributed by atoms with E-state index >= 15 is 0 Å². The second-order valence-electron chi connectivity index (χ2n) is 5.39. The smallest absolute Gasteiger partial charge is 0.0345 e. The third-order valence-corrected chi connectivity index (χ3v) is 3.88.